The average molecular weight is 263 g/mol. The Balaban J connectivity index is 2.01. The largest absolute Gasteiger partial charge is 0.309 e. The lowest BCUT2D eigenvalue weighted by atomic mass is 9.75. The van der Waals surface area contributed by atoms with Crippen LogP contribution in [-0.2, 0) is 19.3 Å². The summed E-state index contributed by atoms with van der Waals surface area (Å²) in [5.74, 6) is 0. The lowest BCUT2D eigenvalue weighted by Gasteiger charge is -2.35. The standard InChI is InChI=1S/C19H21N/c1-2-5-13-8-9-14-10-11-20-17-12-15-6-3-4-7-16(15)18(13)19(14)17/h3-4,6-9,17,20H,2,5,10-12H2,1H3. The zero-order valence-electron chi connectivity index (χ0n) is 12.1. The van der Waals surface area contributed by atoms with E-state index in [0.29, 0.717) is 6.04 Å². The van der Waals surface area contributed by atoms with Crippen molar-refractivity contribution in [3.05, 3.63) is 58.7 Å². The molecule has 1 aliphatic carbocycles. The maximum absolute atomic E-state index is 3.73. The normalized spacial score (nSPS) is 19.4. The van der Waals surface area contributed by atoms with E-state index >= 15 is 0 Å². The van der Waals surface area contributed by atoms with Gasteiger partial charge in [0.05, 0.1) is 0 Å². The number of benzene rings is 2. The molecule has 2 aliphatic rings. The fraction of sp³-hybridized carbons (Fsp3) is 0.368. The molecule has 1 heteroatoms. The van der Waals surface area contributed by atoms with Crippen LogP contribution >= 0.6 is 0 Å². The van der Waals surface area contributed by atoms with Crippen molar-refractivity contribution in [1.29, 1.82) is 0 Å². The van der Waals surface area contributed by atoms with Crippen LogP contribution in [0, 0.1) is 0 Å². The molecular weight excluding hydrogens is 242 g/mol. The van der Waals surface area contributed by atoms with E-state index < -0.39 is 0 Å². The van der Waals surface area contributed by atoms with E-state index in [1.165, 1.54) is 36.0 Å². The molecule has 1 N–H and O–H groups in total. The maximum Gasteiger partial charge on any atom is 0.0370 e. The highest BCUT2D eigenvalue weighted by Gasteiger charge is 2.30. The van der Waals surface area contributed by atoms with Crippen LogP contribution in [0.25, 0.3) is 11.1 Å². The summed E-state index contributed by atoms with van der Waals surface area (Å²) < 4.78 is 0. The average Bonchev–Trinajstić information content (AvgIpc) is 2.49. The van der Waals surface area contributed by atoms with Crippen LogP contribution < -0.4 is 5.32 Å². The van der Waals surface area contributed by atoms with Crippen molar-refractivity contribution in [2.45, 2.75) is 38.6 Å². The lowest BCUT2D eigenvalue weighted by molar-refractivity contribution is 0.498. The first-order valence-electron chi connectivity index (χ1n) is 7.84. The molecule has 102 valence electrons. The summed E-state index contributed by atoms with van der Waals surface area (Å²) in [5, 5.41) is 3.73. The van der Waals surface area contributed by atoms with Crippen molar-refractivity contribution in [3.63, 3.8) is 0 Å². The Bertz CT molecular complexity index is 657. The zero-order valence-corrected chi connectivity index (χ0v) is 12.1. The second-order valence-corrected chi connectivity index (χ2v) is 6.04. The van der Waals surface area contributed by atoms with Crippen molar-refractivity contribution in [2.24, 2.45) is 0 Å². The number of hydrogen-bond acceptors (Lipinski definition) is 1. The molecule has 0 saturated carbocycles. The molecular formula is C19H21N. The van der Waals surface area contributed by atoms with Gasteiger partial charge in [-0.05, 0) is 59.2 Å². The van der Waals surface area contributed by atoms with Crippen LogP contribution in [-0.4, -0.2) is 6.54 Å². The highest BCUT2D eigenvalue weighted by atomic mass is 14.9. The van der Waals surface area contributed by atoms with Crippen LogP contribution in [0.15, 0.2) is 36.4 Å². The number of hydrogen-bond donors (Lipinski definition) is 1. The maximum atomic E-state index is 3.73. The quantitative estimate of drug-likeness (QED) is 0.862. The third-order valence-electron chi connectivity index (χ3n) is 4.79. The van der Waals surface area contributed by atoms with Crippen LogP contribution in [0.1, 0.15) is 41.6 Å². The van der Waals surface area contributed by atoms with Gasteiger partial charge in [0.2, 0.25) is 0 Å². The zero-order chi connectivity index (χ0) is 13.5. The van der Waals surface area contributed by atoms with E-state index in [4.69, 9.17) is 0 Å². The van der Waals surface area contributed by atoms with Gasteiger partial charge in [-0.15, -0.1) is 0 Å². The van der Waals surface area contributed by atoms with E-state index in [9.17, 15) is 0 Å². The van der Waals surface area contributed by atoms with Crippen molar-refractivity contribution < 1.29 is 0 Å². The predicted molar refractivity (Wildman–Crippen MR) is 84.0 cm³/mol. The van der Waals surface area contributed by atoms with Gasteiger partial charge in [0.25, 0.3) is 0 Å². The molecule has 1 atom stereocenters. The third-order valence-corrected chi connectivity index (χ3v) is 4.79. The first kappa shape index (κ1) is 12.2. The van der Waals surface area contributed by atoms with Crippen LogP contribution in [0.4, 0.5) is 0 Å². The second kappa shape index (κ2) is 4.75. The molecule has 0 aromatic heterocycles. The minimum atomic E-state index is 0.528. The molecule has 0 amide bonds. The fourth-order valence-electron chi connectivity index (χ4n) is 3.94. The molecule has 20 heavy (non-hydrogen) atoms. The van der Waals surface area contributed by atoms with Gasteiger partial charge < -0.3 is 5.32 Å². The summed E-state index contributed by atoms with van der Waals surface area (Å²) in [6.07, 6.45) is 4.72. The van der Waals surface area contributed by atoms with Crippen LogP contribution in [0.3, 0.4) is 0 Å². The van der Waals surface area contributed by atoms with Gasteiger partial charge in [0, 0.05) is 6.04 Å². The number of nitrogens with one attached hydrogen (secondary N) is 1. The van der Waals surface area contributed by atoms with Gasteiger partial charge >= 0.3 is 0 Å². The lowest BCUT2D eigenvalue weighted by Crippen LogP contribution is -2.34. The Kier molecular flexibility index (Phi) is 2.89. The molecule has 0 spiro atoms. The van der Waals surface area contributed by atoms with Crippen molar-refractivity contribution in [3.8, 4) is 11.1 Å². The van der Waals surface area contributed by atoms with Gasteiger partial charge in [-0.25, -0.2) is 0 Å². The van der Waals surface area contributed by atoms with Crippen LogP contribution in [0.5, 0.6) is 0 Å². The molecule has 2 aromatic rings. The summed E-state index contributed by atoms with van der Waals surface area (Å²) in [4.78, 5) is 0. The van der Waals surface area contributed by atoms with Gasteiger partial charge in [-0.2, -0.15) is 0 Å². The molecule has 1 aliphatic heterocycles. The minimum absolute atomic E-state index is 0.528. The van der Waals surface area contributed by atoms with E-state index in [1.807, 2.05) is 0 Å². The molecule has 0 saturated heterocycles. The monoisotopic (exact) mass is 263 g/mol. The Morgan fingerprint density at radius 2 is 2.00 bits per heavy atom. The molecule has 1 nitrogen and oxygen atoms in total. The van der Waals surface area contributed by atoms with Crippen molar-refractivity contribution in [2.75, 3.05) is 6.54 Å². The molecule has 1 unspecified atom stereocenters. The Hall–Kier alpha value is -1.60. The van der Waals surface area contributed by atoms with Gasteiger partial charge in [0.1, 0.15) is 0 Å². The fourth-order valence-corrected chi connectivity index (χ4v) is 3.94. The smallest absolute Gasteiger partial charge is 0.0370 e. The molecule has 1 heterocycles. The number of rotatable bonds is 2. The highest BCUT2D eigenvalue weighted by molar-refractivity contribution is 5.78. The number of aryl methyl sites for hydroxylation is 1. The Labute approximate surface area is 121 Å². The third kappa shape index (κ3) is 1.73. The van der Waals surface area contributed by atoms with Crippen LogP contribution in [0.2, 0.25) is 0 Å². The van der Waals surface area contributed by atoms with E-state index in [0.717, 1.165) is 13.0 Å². The second-order valence-electron chi connectivity index (χ2n) is 6.04. The van der Waals surface area contributed by atoms with Gasteiger partial charge in [0.15, 0.2) is 0 Å². The summed E-state index contributed by atoms with van der Waals surface area (Å²) >= 11 is 0. The minimum Gasteiger partial charge on any atom is -0.309 e. The topological polar surface area (TPSA) is 12.0 Å². The SMILES string of the molecule is CCCc1ccc2c3c1-c1ccccc1CC3NCC2. The van der Waals surface area contributed by atoms with E-state index in [-0.39, 0.29) is 0 Å². The van der Waals surface area contributed by atoms with Crippen molar-refractivity contribution in [1.82, 2.24) is 5.32 Å². The summed E-state index contributed by atoms with van der Waals surface area (Å²) in [7, 11) is 0. The van der Waals surface area contributed by atoms with E-state index in [1.54, 1.807) is 16.7 Å². The summed E-state index contributed by atoms with van der Waals surface area (Å²) in [6, 6.07) is 14.3. The first-order chi connectivity index (χ1) is 9.88. The predicted octanol–water partition coefficient (Wildman–Crippen LogP) is 4.05. The Morgan fingerprint density at radius 3 is 2.90 bits per heavy atom. The molecule has 0 bridgehead atoms. The molecule has 0 fully saturated rings. The van der Waals surface area contributed by atoms with Crippen molar-refractivity contribution >= 4 is 0 Å². The molecule has 4 rings (SSSR count). The van der Waals surface area contributed by atoms with Gasteiger partial charge in [-0.1, -0.05) is 49.7 Å². The first-order valence-corrected chi connectivity index (χ1v) is 7.84. The van der Waals surface area contributed by atoms with E-state index in [2.05, 4.69) is 48.6 Å². The Morgan fingerprint density at radius 1 is 1.10 bits per heavy atom. The summed E-state index contributed by atoms with van der Waals surface area (Å²) in [6.45, 7) is 3.39. The van der Waals surface area contributed by atoms with Gasteiger partial charge in [-0.3, -0.25) is 0 Å². The highest BCUT2D eigenvalue weighted by Crippen LogP contribution is 2.43. The molecule has 0 radical (unpaired) electrons. The summed E-state index contributed by atoms with van der Waals surface area (Å²) in [5.41, 5.74) is 9.23. The number of fused-ring (bicyclic) bond motifs is 2. The molecule has 2 aromatic carbocycles.